The van der Waals surface area contributed by atoms with E-state index < -0.39 is 5.91 Å². The number of hydrogen-bond donors (Lipinski definition) is 0. The van der Waals surface area contributed by atoms with Crippen molar-refractivity contribution < 1.29 is 18.7 Å². The van der Waals surface area contributed by atoms with E-state index in [0.29, 0.717) is 42.5 Å². The highest BCUT2D eigenvalue weighted by Crippen LogP contribution is 2.29. The first kappa shape index (κ1) is 21.3. The van der Waals surface area contributed by atoms with Crippen LogP contribution in [0, 0.1) is 13.8 Å². The van der Waals surface area contributed by atoms with Crippen molar-refractivity contribution in [2.45, 2.75) is 34.2 Å². The molecule has 1 amide bonds. The fourth-order valence-corrected chi connectivity index (χ4v) is 4.61. The molecule has 0 aliphatic heterocycles. The molecule has 7 heteroatoms. The number of aromatic nitrogens is 1. The number of ether oxygens (including phenoxy) is 2. The Labute approximate surface area is 184 Å². The van der Waals surface area contributed by atoms with Gasteiger partial charge in [-0.25, -0.2) is 0 Å². The molecule has 0 aliphatic rings. The van der Waals surface area contributed by atoms with Gasteiger partial charge in [0.1, 0.15) is 0 Å². The average molecular weight is 439 g/mol. The van der Waals surface area contributed by atoms with Crippen LogP contribution in [0.5, 0.6) is 5.75 Å². The summed E-state index contributed by atoms with van der Waals surface area (Å²) >= 11 is 1.50. The number of hydrogen-bond acceptors (Lipinski definition) is 5. The van der Waals surface area contributed by atoms with Gasteiger partial charge in [-0.1, -0.05) is 23.5 Å². The van der Waals surface area contributed by atoms with E-state index in [0.717, 1.165) is 15.6 Å². The fourth-order valence-electron chi connectivity index (χ4n) is 3.48. The molecule has 0 aliphatic carbocycles. The maximum Gasteiger partial charge on any atom is 0.315 e. The van der Waals surface area contributed by atoms with Gasteiger partial charge in [0.15, 0.2) is 21.9 Å². The smallest absolute Gasteiger partial charge is 0.315 e. The number of benzene rings is 2. The Hall–Kier alpha value is -2.90. The number of amides is 1. The number of nitrogens with zero attached hydrogens (tertiary/aromatic N) is 2. The molecule has 0 saturated carbocycles. The Morgan fingerprint density at radius 3 is 2.71 bits per heavy atom. The van der Waals surface area contributed by atoms with Crippen molar-refractivity contribution in [2.24, 2.45) is 4.99 Å². The molecule has 162 valence electrons. The molecule has 2 aromatic carbocycles. The summed E-state index contributed by atoms with van der Waals surface area (Å²) in [6.07, 6.45) is 0. The fraction of sp³-hybridized carbons (Fsp3) is 0.333. The zero-order valence-electron chi connectivity index (χ0n) is 18.2. The number of para-hydroxylation sites is 1. The van der Waals surface area contributed by atoms with Gasteiger partial charge in [-0.05, 0) is 63.1 Å². The van der Waals surface area contributed by atoms with E-state index in [1.54, 1.807) is 6.07 Å². The lowest BCUT2D eigenvalue weighted by atomic mass is 10.1. The third-order valence-corrected chi connectivity index (χ3v) is 6.22. The summed E-state index contributed by atoms with van der Waals surface area (Å²) in [4.78, 5) is 18.1. The first-order valence-electron chi connectivity index (χ1n) is 10.4. The van der Waals surface area contributed by atoms with E-state index in [1.165, 1.54) is 22.5 Å². The molecule has 2 aromatic heterocycles. The minimum atomic E-state index is -0.413. The van der Waals surface area contributed by atoms with E-state index in [9.17, 15) is 4.79 Å². The van der Waals surface area contributed by atoms with Crippen LogP contribution in [0.15, 0.2) is 45.8 Å². The van der Waals surface area contributed by atoms with Crippen LogP contribution in [0.2, 0.25) is 0 Å². The zero-order valence-corrected chi connectivity index (χ0v) is 19.0. The summed E-state index contributed by atoms with van der Waals surface area (Å²) < 4.78 is 20.2. The minimum absolute atomic E-state index is 0.198. The number of rotatable bonds is 7. The van der Waals surface area contributed by atoms with Crippen LogP contribution in [0.4, 0.5) is 0 Å². The number of thiazole rings is 1. The van der Waals surface area contributed by atoms with Crippen molar-refractivity contribution in [3.8, 4) is 5.75 Å². The van der Waals surface area contributed by atoms with Crippen molar-refractivity contribution in [3.05, 3.63) is 58.1 Å². The van der Waals surface area contributed by atoms with E-state index in [-0.39, 0.29) is 5.76 Å². The van der Waals surface area contributed by atoms with Gasteiger partial charge >= 0.3 is 5.91 Å². The highest BCUT2D eigenvalue weighted by atomic mass is 32.1. The second-order valence-corrected chi connectivity index (χ2v) is 8.28. The van der Waals surface area contributed by atoms with Gasteiger partial charge in [0.2, 0.25) is 0 Å². The standard InChI is InChI=1S/C24H26N2O4S/c1-5-28-11-10-26-18-12-15(3)16(4)13-21(18)31-24(26)25-23(27)20-14-17-8-7-9-19(29-6-2)22(17)30-20/h7-9,12-14H,5-6,10-11H2,1-4H3. The topological polar surface area (TPSA) is 66.0 Å². The molecule has 0 atom stereocenters. The van der Waals surface area contributed by atoms with Gasteiger partial charge in [-0.2, -0.15) is 4.99 Å². The number of fused-ring (bicyclic) bond motifs is 2. The Morgan fingerprint density at radius 2 is 1.94 bits per heavy atom. The molecule has 0 fully saturated rings. The van der Waals surface area contributed by atoms with Crippen molar-refractivity contribution >= 4 is 38.4 Å². The number of furan rings is 1. The quantitative estimate of drug-likeness (QED) is 0.370. The van der Waals surface area contributed by atoms with E-state index in [4.69, 9.17) is 13.9 Å². The zero-order chi connectivity index (χ0) is 22.0. The molecule has 0 bridgehead atoms. The molecule has 0 unspecified atom stereocenters. The van der Waals surface area contributed by atoms with Gasteiger partial charge in [-0.3, -0.25) is 4.79 Å². The molecule has 0 N–H and O–H groups in total. The Balaban J connectivity index is 1.79. The molecular formula is C24H26N2O4S. The average Bonchev–Trinajstić information content (AvgIpc) is 3.32. The molecule has 0 saturated heterocycles. The predicted molar refractivity (Wildman–Crippen MR) is 123 cm³/mol. The molecule has 31 heavy (non-hydrogen) atoms. The van der Waals surface area contributed by atoms with Crippen LogP contribution in [0.1, 0.15) is 35.5 Å². The molecule has 2 heterocycles. The third-order valence-electron chi connectivity index (χ3n) is 5.18. The molecule has 6 nitrogen and oxygen atoms in total. The van der Waals surface area contributed by atoms with Crippen LogP contribution in [-0.2, 0) is 11.3 Å². The molecule has 4 aromatic rings. The first-order chi connectivity index (χ1) is 15.0. The lowest BCUT2D eigenvalue weighted by Gasteiger charge is -2.07. The van der Waals surface area contributed by atoms with Crippen LogP contribution in [0.25, 0.3) is 21.2 Å². The molecule has 0 spiro atoms. The van der Waals surface area contributed by atoms with Crippen molar-refractivity contribution in [1.82, 2.24) is 4.57 Å². The van der Waals surface area contributed by atoms with Crippen LogP contribution in [-0.4, -0.2) is 30.3 Å². The summed E-state index contributed by atoms with van der Waals surface area (Å²) in [6, 6.07) is 11.6. The summed E-state index contributed by atoms with van der Waals surface area (Å²) in [6.45, 7) is 10.4. The van der Waals surface area contributed by atoms with Crippen molar-refractivity contribution in [2.75, 3.05) is 19.8 Å². The summed E-state index contributed by atoms with van der Waals surface area (Å²) in [5.41, 5.74) is 4.04. The Morgan fingerprint density at radius 1 is 1.13 bits per heavy atom. The molecule has 0 radical (unpaired) electrons. The predicted octanol–water partition coefficient (Wildman–Crippen LogP) is 5.24. The maximum absolute atomic E-state index is 13.0. The summed E-state index contributed by atoms with van der Waals surface area (Å²) in [7, 11) is 0. The first-order valence-corrected chi connectivity index (χ1v) is 11.3. The largest absolute Gasteiger partial charge is 0.490 e. The van der Waals surface area contributed by atoms with Gasteiger partial charge in [0, 0.05) is 18.5 Å². The minimum Gasteiger partial charge on any atom is -0.490 e. The summed E-state index contributed by atoms with van der Waals surface area (Å²) in [5.74, 6) is 0.408. The lowest BCUT2D eigenvalue weighted by Crippen LogP contribution is -2.19. The Kier molecular flexibility index (Phi) is 6.25. The highest BCUT2D eigenvalue weighted by molar-refractivity contribution is 7.16. The summed E-state index contributed by atoms with van der Waals surface area (Å²) in [5, 5.41) is 0.816. The highest BCUT2D eigenvalue weighted by Gasteiger charge is 2.16. The number of aryl methyl sites for hydroxylation is 2. The van der Waals surface area contributed by atoms with E-state index >= 15 is 0 Å². The molecule has 4 rings (SSSR count). The maximum atomic E-state index is 13.0. The van der Waals surface area contributed by atoms with E-state index in [1.807, 2.05) is 36.6 Å². The monoisotopic (exact) mass is 438 g/mol. The van der Waals surface area contributed by atoms with Crippen LogP contribution in [0.3, 0.4) is 0 Å². The van der Waals surface area contributed by atoms with Crippen LogP contribution < -0.4 is 9.54 Å². The number of carbonyl (C=O) groups is 1. The lowest BCUT2D eigenvalue weighted by molar-refractivity contribution is 0.0972. The van der Waals surface area contributed by atoms with Gasteiger partial charge < -0.3 is 18.5 Å². The normalized spacial score (nSPS) is 12.2. The van der Waals surface area contributed by atoms with Crippen molar-refractivity contribution in [1.29, 1.82) is 0 Å². The third kappa shape index (κ3) is 4.29. The Bertz CT molecular complexity index is 1310. The second kappa shape index (κ2) is 9.08. The van der Waals surface area contributed by atoms with Gasteiger partial charge in [-0.15, -0.1) is 0 Å². The van der Waals surface area contributed by atoms with E-state index in [2.05, 4.69) is 31.0 Å². The van der Waals surface area contributed by atoms with Gasteiger partial charge in [0.05, 0.1) is 23.4 Å². The van der Waals surface area contributed by atoms with Crippen LogP contribution >= 0.6 is 11.3 Å². The SMILES string of the molecule is CCOCCn1c(=NC(=O)c2cc3cccc(OCC)c3o2)sc2cc(C)c(C)cc21. The number of carbonyl (C=O) groups excluding carboxylic acids is 1. The second-order valence-electron chi connectivity index (χ2n) is 7.27. The molecular weight excluding hydrogens is 412 g/mol. The van der Waals surface area contributed by atoms with Gasteiger partial charge in [0.25, 0.3) is 0 Å². The van der Waals surface area contributed by atoms with Crippen molar-refractivity contribution in [3.63, 3.8) is 0 Å².